The zero-order valence-electron chi connectivity index (χ0n) is 14.1. The summed E-state index contributed by atoms with van der Waals surface area (Å²) < 4.78 is 1.84. The van der Waals surface area contributed by atoms with Crippen LogP contribution in [-0.4, -0.2) is 20.2 Å². The number of hydrogen-bond donors (Lipinski definition) is 1. The van der Waals surface area contributed by atoms with Gasteiger partial charge in [0, 0.05) is 41.3 Å². The number of carbonyl (C=O) groups excluding carboxylic acids is 1. The summed E-state index contributed by atoms with van der Waals surface area (Å²) >= 11 is 0. The topological polar surface area (TPSA) is 89.5 Å². The molecule has 2 aromatic heterocycles. The van der Waals surface area contributed by atoms with Crippen molar-refractivity contribution in [2.24, 2.45) is 0 Å². The van der Waals surface area contributed by atoms with Crippen LogP contribution in [0.25, 0.3) is 16.9 Å². The maximum atomic E-state index is 12.5. The highest BCUT2D eigenvalue weighted by Gasteiger charge is 2.12. The molecule has 0 unspecified atom stereocenters. The zero-order chi connectivity index (χ0) is 18.8. The van der Waals surface area contributed by atoms with Crippen molar-refractivity contribution >= 4 is 22.9 Å². The van der Waals surface area contributed by atoms with Crippen LogP contribution >= 0.6 is 0 Å². The molecule has 2 heterocycles. The first-order chi connectivity index (χ1) is 13.1. The number of non-ortho nitro benzene ring substituents is 1. The van der Waals surface area contributed by atoms with Crippen LogP contribution in [0, 0.1) is 10.1 Å². The summed E-state index contributed by atoms with van der Waals surface area (Å²) in [4.78, 5) is 27.4. The van der Waals surface area contributed by atoms with Gasteiger partial charge in [0.15, 0.2) is 0 Å². The van der Waals surface area contributed by atoms with Gasteiger partial charge in [-0.25, -0.2) is 4.98 Å². The van der Waals surface area contributed by atoms with Crippen LogP contribution < -0.4 is 5.32 Å². The number of nitro benzene ring substituents is 1. The van der Waals surface area contributed by atoms with E-state index < -0.39 is 4.92 Å². The smallest absolute Gasteiger partial charge is 0.271 e. The molecule has 0 fully saturated rings. The fraction of sp³-hybridized carbons (Fsp3) is 0. The Bertz CT molecular complexity index is 1150. The quantitative estimate of drug-likeness (QED) is 0.438. The Labute approximate surface area is 154 Å². The SMILES string of the molecule is O=C(Nc1cccc([N+](=O)[O-])c1)c1ccn2cc(-c3ccccc3)nc2c1. The molecule has 4 aromatic rings. The molecule has 0 aliphatic heterocycles. The van der Waals surface area contributed by atoms with Crippen LogP contribution in [0.1, 0.15) is 10.4 Å². The fourth-order valence-corrected chi connectivity index (χ4v) is 2.77. The van der Waals surface area contributed by atoms with E-state index in [9.17, 15) is 14.9 Å². The second kappa shape index (κ2) is 6.72. The lowest BCUT2D eigenvalue weighted by atomic mass is 10.2. The van der Waals surface area contributed by atoms with Gasteiger partial charge in [-0.2, -0.15) is 0 Å². The molecule has 1 N–H and O–H groups in total. The van der Waals surface area contributed by atoms with Crippen molar-refractivity contribution in [3.63, 3.8) is 0 Å². The maximum absolute atomic E-state index is 12.5. The van der Waals surface area contributed by atoms with Crippen molar-refractivity contribution in [3.05, 3.63) is 94.8 Å². The van der Waals surface area contributed by atoms with Crippen molar-refractivity contribution in [3.8, 4) is 11.3 Å². The third-order valence-corrected chi connectivity index (χ3v) is 4.11. The van der Waals surface area contributed by atoms with Gasteiger partial charge in [0.2, 0.25) is 0 Å². The molecule has 27 heavy (non-hydrogen) atoms. The highest BCUT2D eigenvalue weighted by Crippen LogP contribution is 2.21. The summed E-state index contributed by atoms with van der Waals surface area (Å²) in [6.45, 7) is 0. The van der Waals surface area contributed by atoms with Gasteiger partial charge < -0.3 is 9.72 Å². The van der Waals surface area contributed by atoms with E-state index in [2.05, 4.69) is 10.3 Å². The Morgan fingerprint density at radius 2 is 1.85 bits per heavy atom. The molecule has 0 saturated heterocycles. The van der Waals surface area contributed by atoms with E-state index in [0.717, 1.165) is 11.3 Å². The zero-order valence-corrected chi connectivity index (χ0v) is 14.1. The molecule has 0 spiro atoms. The number of fused-ring (bicyclic) bond motifs is 1. The van der Waals surface area contributed by atoms with Gasteiger partial charge in [-0.15, -0.1) is 0 Å². The van der Waals surface area contributed by atoms with E-state index in [1.807, 2.05) is 40.9 Å². The molecule has 132 valence electrons. The minimum absolute atomic E-state index is 0.0796. The Morgan fingerprint density at radius 1 is 1.04 bits per heavy atom. The number of nitrogens with one attached hydrogen (secondary N) is 1. The third-order valence-electron chi connectivity index (χ3n) is 4.11. The first-order valence-electron chi connectivity index (χ1n) is 8.20. The number of imidazole rings is 1. The van der Waals surface area contributed by atoms with E-state index in [4.69, 9.17) is 0 Å². The molecular formula is C20H14N4O3. The Kier molecular flexibility index (Phi) is 4.10. The van der Waals surface area contributed by atoms with Crippen molar-refractivity contribution in [1.82, 2.24) is 9.38 Å². The number of pyridine rings is 1. The lowest BCUT2D eigenvalue weighted by molar-refractivity contribution is -0.384. The number of hydrogen-bond acceptors (Lipinski definition) is 4. The van der Waals surface area contributed by atoms with Crippen molar-refractivity contribution < 1.29 is 9.72 Å². The van der Waals surface area contributed by atoms with Crippen molar-refractivity contribution in [1.29, 1.82) is 0 Å². The van der Waals surface area contributed by atoms with Crippen molar-refractivity contribution in [2.75, 3.05) is 5.32 Å². The number of nitro groups is 1. The number of benzene rings is 2. The Hall–Kier alpha value is -4.00. The van der Waals surface area contributed by atoms with Crippen LogP contribution in [0.5, 0.6) is 0 Å². The van der Waals surface area contributed by atoms with Crippen LogP contribution in [-0.2, 0) is 0 Å². The fourth-order valence-electron chi connectivity index (χ4n) is 2.77. The summed E-state index contributed by atoms with van der Waals surface area (Å²) in [5.41, 5.74) is 3.14. The number of rotatable bonds is 4. The molecule has 0 bridgehead atoms. The van der Waals surface area contributed by atoms with E-state index in [-0.39, 0.29) is 11.6 Å². The number of amides is 1. The van der Waals surface area contributed by atoms with E-state index in [0.29, 0.717) is 16.9 Å². The second-order valence-electron chi connectivity index (χ2n) is 5.93. The summed E-state index contributed by atoms with van der Waals surface area (Å²) in [5.74, 6) is -0.359. The van der Waals surface area contributed by atoms with Crippen molar-refractivity contribution in [2.45, 2.75) is 0 Å². The summed E-state index contributed by atoms with van der Waals surface area (Å²) in [7, 11) is 0. The van der Waals surface area contributed by atoms with E-state index >= 15 is 0 Å². The number of carbonyl (C=O) groups is 1. The van der Waals surface area contributed by atoms with Gasteiger partial charge in [0.05, 0.1) is 10.6 Å². The molecule has 0 atom stereocenters. The van der Waals surface area contributed by atoms with Gasteiger partial charge in [0.1, 0.15) is 5.65 Å². The standard InChI is InChI=1S/C20H14N4O3/c25-20(21-16-7-4-8-17(12-16)24(26)27)15-9-10-23-13-18(22-19(23)11-15)14-5-2-1-3-6-14/h1-13H,(H,21,25). The van der Waals surface area contributed by atoms with Crippen LogP contribution in [0.15, 0.2) is 79.1 Å². The first-order valence-corrected chi connectivity index (χ1v) is 8.20. The second-order valence-corrected chi connectivity index (χ2v) is 5.93. The minimum Gasteiger partial charge on any atom is -0.322 e. The Morgan fingerprint density at radius 3 is 2.63 bits per heavy atom. The lowest BCUT2D eigenvalue weighted by Crippen LogP contribution is -2.12. The van der Waals surface area contributed by atoms with Gasteiger partial charge >= 0.3 is 0 Å². The molecule has 7 nitrogen and oxygen atoms in total. The maximum Gasteiger partial charge on any atom is 0.271 e. The number of aromatic nitrogens is 2. The minimum atomic E-state index is -0.503. The highest BCUT2D eigenvalue weighted by molar-refractivity contribution is 6.04. The van der Waals surface area contributed by atoms with Gasteiger partial charge in [-0.3, -0.25) is 14.9 Å². The lowest BCUT2D eigenvalue weighted by Gasteiger charge is -2.05. The number of anilines is 1. The molecule has 1 amide bonds. The molecule has 7 heteroatoms. The van der Waals surface area contributed by atoms with Gasteiger partial charge in [0.25, 0.3) is 11.6 Å². The van der Waals surface area contributed by atoms with Gasteiger partial charge in [-0.05, 0) is 18.2 Å². The largest absolute Gasteiger partial charge is 0.322 e. The highest BCUT2D eigenvalue weighted by atomic mass is 16.6. The normalized spacial score (nSPS) is 10.7. The molecule has 4 rings (SSSR count). The summed E-state index contributed by atoms with van der Waals surface area (Å²) in [6, 6.07) is 18.9. The predicted octanol–water partition coefficient (Wildman–Crippen LogP) is 4.16. The predicted molar refractivity (Wildman–Crippen MR) is 102 cm³/mol. The van der Waals surface area contributed by atoms with Crippen LogP contribution in [0.4, 0.5) is 11.4 Å². The molecular weight excluding hydrogens is 344 g/mol. The van der Waals surface area contributed by atoms with Crippen LogP contribution in [0.2, 0.25) is 0 Å². The van der Waals surface area contributed by atoms with E-state index in [1.54, 1.807) is 24.4 Å². The molecule has 0 radical (unpaired) electrons. The number of nitrogens with zero attached hydrogens (tertiary/aromatic N) is 3. The van der Waals surface area contributed by atoms with Gasteiger partial charge in [-0.1, -0.05) is 36.4 Å². The van der Waals surface area contributed by atoms with Crippen LogP contribution in [0.3, 0.4) is 0 Å². The monoisotopic (exact) mass is 358 g/mol. The summed E-state index contributed by atoms with van der Waals surface area (Å²) in [5, 5.41) is 13.5. The third kappa shape index (κ3) is 3.38. The summed E-state index contributed by atoms with van der Waals surface area (Å²) in [6.07, 6.45) is 3.66. The average Bonchev–Trinajstić information content (AvgIpc) is 3.12. The molecule has 2 aromatic carbocycles. The van der Waals surface area contributed by atoms with E-state index in [1.165, 1.54) is 18.2 Å². The molecule has 0 saturated carbocycles. The average molecular weight is 358 g/mol. The molecule has 0 aliphatic rings. The Balaban J connectivity index is 1.61. The molecule has 0 aliphatic carbocycles. The first kappa shape index (κ1) is 16.5.